The Labute approximate surface area is 79.1 Å². The summed E-state index contributed by atoms with van der Waals surface area (Å²) in [5, 5.41) is 13.6. The summed E-state index contributed by atoms with van der Waals surface area (Å²) in [7, 11) is 0. The van der Waals surface area contributed by atoms with Crippen LogP contribution in [0.5, 0.6) is 0 Å². The number of nitrogens with one attached hydrogen (secondary N) is 1. The molecule has 1 heterocycles. The van der Waals surface area contributed by atoms with Crippen LogP contribution in [0.3, 0.4) is 0 Å². The van der Waals surface area contributed by atoms with Gasteiger partial charge in [0.25, 0.3) is 0 Å². The van der Waals surface area contributed by atoms with E-state index in [-0.39, 0.29) is 5.92 Å². The second kappa shape index (κ2) is 5.67. The minimum absolute atomic E-state index is 0.215. The van der Waals surface area contributed by atoms with E-state index in [2.05, 4.69) is 34.5 Å². The molecule has 0 aliphatic carbocycles. The fraction of sp³-hybridized carbons (Fsp3) is 0.778. The maximum absolute atomic E-state index is 4.00. The smallest absolute Gasteiger partial charge is 0.151 e. The lowest BCUT2D eigenvalue weighted by Gasteiger charge is -2.05. The zero-order valence-electron chi connectivity index (χ0n) is 8.16. The first-order valence-corrected chi connectivity index (χ1v) is 4.91. The van der Waals surface area contributed by atoms with Crippen molar-refractivity contribution < 1.29 is 0 Å². The van der Waals surface area contributed by atoms with Gasteiger partial charge in [0.15, 0.2) is 5.82 Å². The molecular weight excluding hydrogens is 164 g/mol. The van der Waals surface area contributed by atoms with Crippen LogP contribution in [0.4, 0.5) is 0 Å². The number of nitrogens with zero attached hydrogens (tertiary/aromatic N) is 3. The first kappa shape index (κ1) is 10.2. The quantitative estimate of drug-likeness (QED) is 0.684. The maximum atomic E-state index is 4.00. The van der Waals surface area contributed by atoms with Gasteiger partial charge in [-0.2, -0.15) is 0 Å². The van der Waals surface area contributed by atoms with Gasteiger partial charge < -0.3 is 0 Å². The van der Waals surface area contributed by atoms with E-state index in [0.717, 1.165) is 12.2 Å². The van der Waals surface area contributed by atoms with Gasteiger partial charge in [-0.05, 0) is 23.8 Å². The molecule has 0 fully saturated rings. The molecule has 13 heavy (non-hydrogen) atoms. The monoisotopic (exact) mass is 181 g/mol. The molecule has 1 aromatic heterocycles. The highest BCUT2D eigenvalue weighted by Crippen LogP contribution is 2.16. The van der Waals surface area contributed by atoms with E-state index in [4.69, 9.17) is 0 Å². The van der Waals surface area contributed by atoms with E-state index < -0.39 is 0 Å². The molecule has 0 aliphatic heterocycles. The molecule has 1 atom stereocenters. The summed E-state index contributed by atoms with van der Waals surface area (Å²) in [6.07, 6.45) is 6.14. The maximum Gasteiger partial charge on any atom is 0.151 e. The molecule has 1 unspecified atom stereocenters. The highest BCUT2D eigenvalue weighted by molar-refractivity contribution is 4.92. The SMILES string of the molecule is [CH2]C(CCCCCC)c1nnn[nH]1. The second-order valence-corrected chi connectivity index (χ2v) is 3.33. The molecule has 1 N–H and O–H groups in total. The van der Waals surface area contributed by atoms with E-state index in [1.165, 1.54) is 25.7 Å². The van der Waals surface area contributed by atoms with E-state index in [0.29, 0.717) is 0 Å². The van der Waals surface area contributed by atoms with Crippen LogP contribution in [0.2, 0.25) is 0 Å². The summed E-state index contributed by atoms with van der Waals surface area (Å²) >= 11 is 0. The van der Waals surface area contributed by atoms with Crippen molar-refractivity contribution >= 4 is 0 Å². The normalized spacial score (nSPS) is 13.1. The van der Waals surface area contributed by atoms with E-state index in [9.17, 15) is 0 Å². The molecule has 1 radical (unpaired) electrons. The first-order valence-electron chi connectivity index (χ1n) is 4.91. The third kappa shape index (κ3) is 3.53. The molecule has 1 aromatic rings. The topological polar surface area (TPSA) is 54.5 Å². The molecule has 1 rings (SSSR count). The molecule has 0 spiro atoms. The number of hydrogen-bond donors (Lipinski definition) is 1. The summed E-state index contributed by atoms with van der Waals surface area (Å²) in [5.74, 6) is 1.02. The largest absolute Gasteiger partial charge is 0.243 e. The number of aromatic nitrogens is 4. The minimum Gasteiger partial charge on any atom is -0.243 e. The summed E-state index contributed by atoms with van der Waals surface area (Å²) in [5.41, 5.74) is 0. The molecule has 0 aliphatic rings. The summed E-state index contributed by atoms with van der Waals surface area (Å²) in [6, 6.07) is 0. The highest BCUT2D eigenvalue weighted by atomic mass is 15.5. The molecule has 0 saturated heterocycles. The van der Waals surface area contributed by atoms with Gasteiger partial charge in [-0.15, -0.1) is 5.10 Å². The van der Waals surface area contributed by atoms with E-state index in [1.54, 1.807) is 0 Å². The van der Waals surface area contributed by atoms with E-state index >= 15 is 0 Å². The lowest BCUT2D eigenvalue weighted by atomic mass is 10.0. The molecule has 0 aromatic carbocycles. The molecule has 0 amide bonds. The second-order valence-electron chi connectivity index (χ2n) is 3.33. The molecular formula is C9H17N4. The lowest BCUT2D eigenvalue weighted by Crippen LogP contribution is -1.97. The highest BCUT2D eigenvalue weighted by Gasteiger charge is 2.08. The standard InChI is InChI=1S/C9H17N4/c1-3-4-5-6-7-8(2)9-10-12-13-11-9/h8H,2-7H2,1H3,(H,10,11,12,13). The van der Waals surface area contributed by atoms with Gasteiger partial charge in [-0.3, -0.25) is 0 Å². The summed E-state index contributed by atoms with van der Waals surface area (Å²) in [6.45, 7) is 6.21. The van der Waals surface area contributed by atoms with Crippen LogP contribution in [0.1, 0.15) is 50.8 Å². The average molecular weight is 181 g/mol. The van der Waals surface area contributed by atoms with Crippen LogP contribution in [0.25, 0.3) is 0 Å². The van der Waals surface area contributed by atoms with Crippen molar-refractivity contribution in [2.24, 2.45) is 0 Å². The fourth-order valence-electron chi connectivity index (χ4n) is 1.29. The molecule has 4 heteroatoms. The Morgan fingerprint density at radius 3 is 2.85 bits per heavy atom. The third-order valence-electron chi connectivity index (χ3n) is 2.15. The Balaban J connectivity index is 2.15. The zero-order chi connectivity index (χ0) is 9.52. The van der Waals surface area contributed by atoms with Crippen molar-refractivity contribution in [3.8, 4) is 0 Å². The molecule has 4 nitrogen and oxygen atoms in total. The Bertz CT molecular complexity index is 207. The van der Waals surface area contributed by atoms with Crippen molar-refractivity contribution in [3.05, 3.63) is 12.7 Å². The van der Waals surface area contributed by atoms with Gasteiger partial charge in [0.05, 0.1) is 0 Å². The van der Waals surface area contributed by atoms with Crippen molar-refractivity contribution in [1.82, 2.24) is 20.6 Å². The van der Waals surface area contributed by atoms with Crippen LogP contribution in [-0.4, -0.2) is 20.6 Å². The van der Waals surface area contributed by atoms with Crippen molar-refractivity contribution in [2.45, 2.75) is 44.9 Å². The number of rotatable bonds is 6. The first-order chi connectivity index (χ1) is 6.34. The average Bonchev–Trinajstić information content (AvgIpc) is 2.65. The predicted octanol–water partition coefficient (Wildman–Crippen LogP) is 2.09. The number of tetrazole rings is 1. The van der Waals surface area contributed by atoms with Crippen molar-refractivity contribution in [1.29, 1.82) is 0 Å². The fourth-order valence-corrected chi connectivity index (χ4v) is 1.29. The number of unbranched alkanes of at least 4 members (excludes halogenated alkanes) is 3. The van der Waals surface area contributed by atoms with Crippen LogP contribution in [0.15, 0.2) is 0 Å². The van der Waals surface area contributed by atoms with Crippen molar-refractivity contribution in [3.63, 3.8) is 0 Å². The Kier molecular flexibility index (Phi) is 4.43. The van der Waals surface area contributed by atoms with Crippen LogP contribution < -0.4 is 0 Å². The number of H-pyrrole nitrogens is 1. The van der Waals surface area contributed by atoms with Crippen LogP contribution in [-0.2, 0) is 0 Å². The van der Waals surface area contributed by atoms with Gasteiger partial charge in [0.1, 0.15) is 0 Å². The molecule has 73 valence electrons. The molecule has 0 saturated carbocycles. The van der Waals surface area contributed by atoms with Gasteiger partial charge in [-0.25, -0.2) is 5.10 Å². The third-order valence-corrected chi connectivity index (χ3v) is 2.15. The van der Waals surface area contributed by atoms with Gasteiger partial charge in [0, 0.05) is 5.92 Å². The predicted molar refractivity (Wildman–Crippen MR) is 51.0 cm³/mol. The van der Waals surface area contributed by atoms with Gasteiger partial charge in [-0.1, -0.05) is 32.6 Å². The lowest BCUT2D eigenvalue weighted by molar-refractivity contribution is 0.588. The number of aromatic amines is 1. The Morgan fingerprint density at radius 2 is 2.23 bits per heavy atom. The zero-order valence-corrected chi connectivity index (χ0v) is 8.16. The van der Waals surface area contributed by atoms with Crippen molar-refractivity contribution in [2.75, 3.05) is 0 Å². The Morgan fingerprint density at radius 1 is 1.38 bits per heavy atom. The van der Waals surface area contributed by atoms with E-state index in [1.807, 2.05) is 0 Å². The molecule has 0 bridgehead atoms. The van der Waals surface area contributed by atoms with Crippen LogP contribution in [0, 0.1) is 6.92 Å². The minimum atomic E-state index is 0.215. The Hall–Kier alpha value is -0.930. The number of hydrogen-bond acceptors (Lipinski definition) is 3. The summed E-state index contributed by atoms with van der Waals surface area (Å²) in [4.78, 5) is 0. The van der Waals surface area contributed by atoms with Gasteiger partial charge >= 0.3 is 0 Å². The van der Waals surface area contributed by atoms with Crippen LogP contribution >= 0.6 is 0 Å². The summed E-state index contributed by atoms with van der Waals surface area (Å²) < 4.78 is 0. The van der Waals surface area contributed by atoms with Gasteiger partial charge in [0.2, 0.25) is 0 Å².